The summed E-state index contributed by atoms with van der Waals surface area (Å²) >= 11 is 7.02. The third-order valence-electron chi connectivity index (χ3n) is 9.62. The van der Waals surface area contributed by atoms with Gasteiger partial charge in [-0.2, -0.15) is 5.10 Å². The van der Waals surface area contributed by atoms with E-state index < -0.39 is 5.97 Å². The Bertz CT molecular complexity index is 2240. The molecule has 0 fully saturated rings. The molecule has 1 atom stereocenters. The molecule has 6 aromatic rings. The van der Waals surface area contributed by atoms with Crippen LogP contribution in [-0.2, 0) is 39.4 Å². The second-order valence-corrected chi connectivity index (χ2v) is 13.1. The topological polar surface area (TPSA) is 120 Å². The molecule has 0 spiro atoms. The van der Waals surface area contributed by atoms with Gasteiger partial charge in [0.25, 0.3) is 0 Å². The van der Waals surface area contributed by atoms with Crippen molar-refractivity contribution in [3.63, 3.8) is 0 Å². The van der Waals surface area contributed by atoms with Gasteiger partial charge in [0, 0.05) is 41.9 Å². The number of ether oxygens (including phenoxy) is 1. The summed E-state index contributed by atoms with van der Waals surface area (Å²) in [6.07, 6.45) is 3.96. The molecular formula is C36H34ClFN6O4. The monoisotopic (exact) mass is 668 g/mol. The Morgan fingerprint density at radius 2 is 1.88 bits per heavy atom. The SMILES string of the molecule is Cc1nn2c3c1-c1c(Cl)ccc4c(c(C(=O)O)n(C)c14)CCCOc1cc(cc4cc(F)ccc14)CCc1nnc(o1)CN[C@@H]3CCC2. The first-order chi connectivity index (χ1) is 23.3. The number of halogens is 2. The van der Waals surface area contributed by atoms with Gasteiger partial charge in [-0.15, -0.1) is 10.2 Å². The van der Waals surface area contributed by atoms with Gasteiger partial charge >= 0.3 is 5.97 Å². The van der Waals surface area contributed by atoms with E-state index >= 15 is 0 Å². The van der Waals surface area contributed by atoms with Gasteiger partial charge < -0.3 is 24.1 Å². The van der Waals surface area contributed by atoms with Gasteiger partial charge in [0.2, 0.25) is 11.8 Å². The number of nitrogens with zero attached hydrogens (tertiary/aromatic N) is 5. The zero-order valence-corrected chi connectivity index (χ0v) is 27.4. The fourth-order valence-corrected chi connectivity index (χ4v) is 7.81. The van der Waals surface area contributed by atoms with Crippen LogP contribution in [0.25, 0.3) is 32.8 Å². The van der Waals surface area contributed by atoms with Gasteiger partial charge in [-0.25, -0.2) is 9.18 Å². The molecule has 0 radical (unpaired) electrons. The number of carbonyl (C=O) groups is 1. The summed E-state index contributed by atoms with van der Waals surface area (Å²) in [5.41, 5.74) is 6.19. The van der Waals surface area contributed by atoms with Gasteiger partial charge in [-0.1, -0.05) is 23.7 Å². The third kappa shape index (κ3) is 5.21. The number of hydrogen-bond acceptors (Lipinski definition) is 7. The second-order valence-electron chi connectivity index (χ2n) is 12.7. The van der Waals surface area contributed by atoms with Crippen molar-refractivity contribution in [2.75, 3.05) is 6.61 Å². The summed E-state index contributed by atoms with van der Waals surface area (Å²) in [6.45, 7) is 3.45. The minimum Gasteiger partial charge on any atom is -0.493 e. The van der Waals surface area contributed by atoms with E-state index in [4.69, 9.17) is 25.9 Å². The number of aromatic nitrogens is 5. The molecule has 5 heterocycles. The molecule has 2 N–H and O–H groups in total. The zero-order chi connectivity index (χ0) is 33.1. The molecule has 10 nitrogen and oxygen atoms in total. The molecular weight excluding hydrogens is 635 g/mol. The lowest BCUT2D eigenvalue weighted by Crippen LogP contribution is -2.28. The van der Waals surface area contributed by atoms with Crippen molar-refractivity contribution < 1.29 is 23.4 Å². The first kappa shape index (κ1) is 30.6. The minimum atomic E-state index is -1.01. The molecule has 12 heteroatoms. The number of carboxylic acids is 1. The predicted molar refractivity (Wildman–Crippen MR) is 179 cm³/mol. The van der Waals surface area contributed by atoms with Crippen LogP contribution in [0.4, 0.5) is 4.39 Å². The number of fused-ring (bicyclic) bond motifs is 7. The highest BCUT2D eigenvalue weighted by Crippen LogP contribution is 2.45. The quantitative estimate of drug-likeness (QED) is 0.190. The molecule has 0 saturated heterocycles. The van der Waals surface area contributed by atoms with Crippen LogP contribution in [0.2, 0.25) is 5.02 Å². The fourth-order valence-electron chi connectivity index (χ4n) is 7.56. The van der Waals surface area contributed by atoms with Crippen molar-refractivity contribution >= 4 is 39.2 Å². The number of aryl methyl sites for hydroxylation is 6. The Morgan fingerprint density at radius 3 is 2.73 bits per heavy atom. The van der Waals surface area contributed by atoms with E-state index in [1.165, 1.54) is 12.1 Å². The Balaban J connectivity index is 1.27. The lowest BCUT2D eigenvalue weighted by molar-refractivity contribution is 0.0685. The van der Waals surface area contributed by atoms with Crippen LogP contribution < -0.4 is 10.1 Å². The van der Waals surface area contributed by atoms with Crippen molar-refractivity contribution in [2.24, 2.45) is 7.05 Å². The van der Waals surface area contributed by atoms with Crippen LogP contribution in [-0.4, -0.2) is 42.2 Å². The van der Waals surface area contributed by atoms with E-state index in [2.05, 4.69) is 15.5 Å². The van der Waals surface area contributed by atoms with Crippen LogP contribution in [0.3, 0.4) is 0 Å². The summed E-state index contributed by atoms with van der Waals surface area (Å²) in [5, 5.41) is 30.5. The maximum atomic E-state index is 14.3. The highest BCUT2D eigenvalue weighted by Gasteiger charge is 2.32. The Kier molecular flexibility index (Phi) is 7.68. The Labute approximate surface area is 280 Å². The fraction of sp³-hybridized carbons (Fsp3) is 0.333. The largest absolute Gasteiger partial charge is 0.493 e. The maximum absolute atomic E-state index is 14.3. The van der Waals surface area contributed by atoms with E-state index in [0.717, 1.165) is 74.7 Å². The average Bonchev–Trinajstić information content (AvgIpc) is 3.74. The molecule has 0 aliphatic carbocycles. The highest BCUT2D eigenvalue weighted by atomic mass is 35.5. The van der Waals surface area contributed by atoms with Gasteiger partial charge in [-0.05, 0) is 85.9 Å². The molecule has 3 aromatic carbocycles. The zero-order valence-electron chi connectivity index (χ0n) is 26.6. The maximum Gasteiger partial charge on any atom is 0.352 e. The summed E-state index contributed by atoms with van der Waals surface area (Å²) in [5.74, 6) is 0.321. The van der Waals surface area contributed by atoms with Crippen molar-refractivity contribution in [1.29, 1.82) is 0 Å². The molecule has 8 bridgehead atoms. The van der Waals surface area contributed by atoms with E-state index in [1.54, 1.807) is 17.7 Å². The van der Waals surface area contributed by atoms with E-state index in [9.17, 15) is 14.3 Å². The van der Waals surface area contributed by atoms with E-state index in [1.807, 2.05) is 35.9 Å². The normalized spacial score (nSPS) is 16.9. The summed E-state index contributed by atoms with van der Waals surface area (Å²) < 4.78 is 30.4. The molecule has 3 aromatic heterocycles. The highest BCUT2D eigenvalue weighted by molar-refractivity contribution is 6.35. The molecule has 0 amide bonds. The van der Waals surface area contributed by atoms with Crippen LogP contribution >= 0.6 is 11.6 Å². The van der Waals surface area contributed by atoms with Crippen molar-refractivity contribution in [2.45, 2.75) is 64.6 Å². The number of carboxylic acid groups (broad SMARTS) is 1. The smallest absolute Gasteiger partial charge is 0.352 e. The molecule has 8 rings (SSSR count). The van der Waals surface area contributed by atoms with Crippen LogP contribution in [0, 0.1) is 12.7 Å². The van der Waals surface area contributed by atoms with E-state index in [0.29, 0.717) is 61.4 Å². The van der Waals surface area contributed by atoms with Gasteiger partial charge in [-0.3, -0.25) is 4.68 Å². The molecule has 2 aliphatic heterocycles. The first-order valence-corrected chi connectivity index (χ1v) is 16.6. The standard InChI is InChI=1S/C36H34ClFN6O4/c1-19-31-32-26(37)11-10-25-24(34(36(45)46)43(2)33(25)32)5-4-14-47-28-16-20(15-21-17-22(38)8-9-23(21)28)7-12-29-40-41-30(48-29)18-39-27-6-3-13-44(42-19)35(27)31/h8-11,15-17,27,39H,3-7,12-14,18H2,1-2H3,(H,45,46)/t27-/m1/s1. The molecule has 0 unspecified atom stereocenters. The van der Waals surface area contributed by atoms with Crippen molar-refractivity contribution in [1.82, 2.24) is 29.9 Å². The van der Waals surface area contributed by atoms with Crippen LogP contribution in [0.1, 0.15) is 70.1 Å². The summed E-state index contributed by atoms with van der Waals surface area (Å²) in [6, 6.07) is 12.3. The molecule has 246 valence electrons. The summed E-state index contributed by atoms with van der Waals surface area (Å²) in [7, 11) is 1.79. The summed E-state index contributed by atoms with van der Waals surface area (Å²) in [4.78, 5) is 12.8. The number of nitrogens with one attached hydrogen (secondary N) is 1. The van der Waals surface area contributed by atoms with Crippen LogP contribution in [0.15, 0.2) is 46.9 Å². The van der Waals surface area contributed by atoms with Crippen molar-refractivity contribution in [3.05, 3.63) is 93.3 Å². The predicted octanol–water partition coefficient (Wildman–Crippen LogP) is 7.11. The minimum absolute atomic E-state index is 0.0713. The van der Waals surface area contributed by atoms with Gasteiger partial charge in [0.15, 0.2) is 0 Å². The van der Waals surface area contributed by atoms with Crippen LogP contribution in [0.5, 0.6) is 5.75 Å². The second kappa shape index (κ2) is 12.1. The Hall–Kier alpha value is -4.74. The molecule has 0 saturated carbocycles. The number of hydrogen-bond donors (Lipinski definition) is 2. The van der Waals surface area contributed by atoms with Crippen molar-refractivity contribution in [3.8, 4) is 16.9 Å². The van der Waals surface area contributed by atoms with Gasteiger partial charge in [0.05, 0.1) is 41.1 Å². The molecule has 2 aliphatic rings. The number of benzene rings is 3. The average molecular weight is 669 g/mol. The first-order valence-electron chi connectivity index (χ1n) is 16.3. The lowest BCUT2D eigenvalue weighted by Gasteiger charge is -2.26. The number of rotatable bonds is 1. The van der Waals surface area contributed by atoms with E-state index in [-0.39, 0.29) is 17.6 Å². The van der Waals surface area contributed by atoms with Gasteiger partial charge in [0.1, 0.15) is 17.3 Å². The third-order valence-corrected chi connectivity index (χ3v) is 9.94. The lowest BCUT2D eigenvalue weighted by atomic mass is 9.93. The molecule has 48 heavy (non-hydrogen) atoms. The number of aromatic carboxylic acids is 1. The Morgan fingerprint density at radius 1 is 1.04 bits per heavy atom.